The lowest BCUT2D eigenvalue weighted by Crippen LogP contribution is -2.45. The number of alkyl carbamates (subject to hydrolysis) is 1. The standard InChI is InChI=1S/C14H19NO4/c1-14(2,3)19-13(18)15-11(9-16)12(17)10-7-5-4-6-8-10/h4-8,11,16H,9H2,1-3H3,(H,15,18)/t11-/m0/s1. The molecule has 1 amide bonds. The molecule has 0 saturated heterocycles. The molecule has 0 unspecified atom stereocenters. The molecule has 0 spiro atoms. The lowest BCUT2D eigenvalue weighted by atomic mass is 10.1. The van der Waals surface area contributed by atoms with Gasteiger partial charge in [0.2, 0.25) is 0 Å². The molecule has 0 fully saturated rings. The molecule has 19 heavy (non-hydrogen) atoms. The minimum absolute atomic E-state index is 0.353. The molecule has 1 aromatic carbocycles. The number of Topliss-reactive ketones (excluding diaryl/α,β-unsaturated/α-hetero) is 1. The number of ether oxygens (including phenoxy) is 1. The summed E-state index contributed by atoms with van der Waals surface area (Å²) >= 11 is 0. The Bertz CT molecular complexity index is 437. The third-order valence-corrected chi connectivity index (χ3v) is 2.25. The van der Waals surface area contributed by atoms with Gasteiger partial charge in [-0.1, -0.05) is 30.3 Å². The van der Waals surface area contributed by atoms with Crippen molar-refractivity contribution in [3.8, 4) is 0 Å². The highest BCUT2D eigenvalue weighted by atomic mass is 16.6. The first-order valence-corrected chi connectivity index (χ1v) is 6.03. The van der Waals surface area contributed by atoms with E-state index in [4.69, 9.17) is 4.74 Å². The number of ketones is 1. The Hall–Kier alpha value is -1.88. The van der Waals surface area contributed by atoms with E-state index in [1.807, 2.05) is 0 Å². The third-order valence-electron chi connectivity index (χ3n) is 2.25. The van der Waals surface area contributed by atoms with Crippen molar-refractivity contribution in [3.63, 3.8) is 0 Å². The van der Waals surface area contributed by atoms with Gasteiger partial charge in [-0.25, -0.2) is 4.79 Å². The van der Waals surface area contributed by atoms with Crippen molar-refractivity contribution in [3.05, 3.63) is 35.9 Å². The van der Waals surface area contributed by atoms with Crippen LogP contribution in [-0.4, -0.2) is 35.2 Å². The summed E-state index contributed by atoms with van der Waals surface area (Å²) in [5, 5.41) is 11.6. The molecule has 0 aromatic heterocycles. The largest absolute Gasteiger partial charge is 0.444 e. The van der Waals surface area contributed by atoms with Crippen LogP contribution >= 0.6 is 0 Å². The molecule has 1 aromatic rings. The number of hydrogen-bond acceptors (Lipinski definition) is 4. The number of amides is 1. The fraction of sp³-hybridized carbons (Fsp3) is 0.429. The summed E-state index contributed by atoms with van der Waals surface area (Å²) in [4.78, 5) is 23.6. The lowest BCUT2D eigenvalue weighted by molar-refractivity contribution is 0.0467. The Morgan fingerprint density at radius 2 is 1.84 bits per heavy atom. The monoisotopic (exact) mass is 265 g/mol. The maximum absolute atomic E-state index is 12.0. The predicted molar refractivity (Wildman–Crippen MR) is 71.0 cm³/mol. The summed E-state index contributed by atoms with van der Waals surface area (Å²) in [5.74, 6) is -0.353. The number of aliphatic hydroxyl groups excluding tert-OH is 1. The average Bonchev–Trinajstić information content (AvgIpc) is 2.34. The minimum Gasteiger partial charge on any atom is -0.444 e. The van der Waals surface area contributed by atoms with Crippen LogP contribution in [0.4, 0.5) is 4.79 Å². The van der Waals surface area contributed by atoms with Crippen molar-refractivity contribution < 1.29 is 19.4 Å². The Kier molecular flexibility index (Phi) is 5.06. The number of carbonyl (C=O) groups excluding carboxylic acids is 2. The topological polar surface area (TPSA) is 75.6 Å². The molecule has 0 aliphatic rings. The van der Waals surface area contributed by atoms with Gasteiger partial charge in [0.1, 0.15) is 11.6 Å². The normalized spacial score (nSPS) is 12.6. The first-order chi connectivity index (χ1) is 8.83. The van der Waals surface area contributed by atoms with E-state index in [2.05, 4.69) is 5.32 Å². The van der Waals surface area contributed by atoms with Gasteiger partial charge in [0, 0.05) is 5.56 Å². The number of nitrogens with one attached hydrogen (secondary N) is 1. The molecule has 0 aliphatic heterocycles. The molecule has 0 saturated carbocycles. The van der Waals surface area contributed by atoms with Crippen molar-refractivity contribution in [1.29, 1.82) is 0 Å². The number of aliphatic hydroxyl groups is 1. The predicted octanol–water partition coefficient (Wildman–Crippen LogP) is 1.75. The van der Waals surface area contributed by atoms with Gasteiger partial charge in [0.05, 0.1) is 6.61 Å². The fourth-order valence-electron chi connectivity index (χ4n) is 1.45. The van der Waals surface area contributed by atoms with Crippen LogP contribution in [0.2, 0.25) is 0 Å². The second kappa shape index (κ2) is 6.33. The third kappa shape index (κ3) is 5.09. The van der Waals surface area contributed by atoms with Crippen molar-refractivity contribution in [2.24, 2.45) is 0 Å². The first kappa shape index (κ1) is 15.2. The van der Waals surface area contributed by atoms with E-state index in [-0.39, 0.29) is 5.78 Å². The van der Waals surface area contributed by atoms with E-state index in [1.54, 1.807) is 51.1 Å². The molecule has 5 heteroatoms. The van der Waals surface area contributed by atoms with Gasteiger partial charge in [-0.3, -0.25) is 4.79 Å². The van der Waals surface area contributed by atoms with Crippen LogP contribution in [0.3, 0.4) is 0 Å². The van der Waals surface area contributed by atoms with Crippen LogP contribution in [0.25, 0.3) is 0 Å². The molecule has 2 N–H and O–H groups in total. The van der Waals surface area contributed by atoms with Gasteiger partial charge >= 0.3 is 6.09 Å². The van der Waals surface area contributed by atoms with Crippen molar-refractivity contribution in [2.45, 2.75) is 32.4 Å². The quantitative estimate of drug-likeness (QED) is 0.813. The minimum atomic E-state index is -1.00. The number of carbonyl (C=O) groups is 2. The Balaban J connectivity index is 2.69. The molecular weight excluding hydrogens is 246 g/mol. The molecule has 0 heterocycles. The molecule has 1 atom stereocenters. The van der Waals surface area contributed by atoms with Gasteiger partial charge in [0.15, 0.2) is 5.78 Å². The second-order valence-electron chi connectivity index (χ2n) is 5.11. The zero-order valence-corrected chi connectivity index (χ0v) is 11.3. The van der Waals surface area contributed by atoms with Gasteiger partial charge in [0.25, 0.3) is 0 Å². The summed E-state index contributed by atoms with van der Waals surface area (Å²) in [6.07, 6.45) is -0.726. The zero-order chi connectivity index (χ0) is 14.5. The molecule has 0 aliphatic carbocycles. The molecule has 1 rings (SSSR count). The van der Waals surface area contributed by atoms with Gasteiger partial charge in [-0.2, -0.15) is 0 Å². The van der Waals surface area contributed by atoms with Crippen molar-refractivity contribution in [2.75, 3.05) is 6.61 Å². The highest BCUT2D eigenvalue weighted by Crippen LogP contribution is 2.08. The van der Waals surface area contributed by atoms with Crippen molar-refractivity contribution in [1.82, 2.24) is 5.32 Å². The molecule has 0 bridgehead atoms. The van der Waals surface area contributed by atoms with Gasteiger partial charge in [-0.05, 0) is 20.8 Å². The highest BCUT2D eigenvalue weighted by Gasteiger charge is 2.24. The summed E-state index contributed by atoms with van der Waals surface area (Å²) < 4.78 is 5.04. The van der Waals surface area contributed by atoms with E-state index in [0.717, 1.165) is 0 Å². The van der Waals surface area contributed by atoms with Crippen LogP contribution in [-0.2, 0) is 4.74 Å². The molecule has 104 valence electrons. The van der Waals surface area contributed by atoms with Crippen LogP contribution in [0.15, 0.2) is 30.3 Å². The number of benzene rings is 1. The second-order valence-corrected chi connectivity index (χ2v) is 5.11. The van der Waals surface area contributed by atoms with Crippen LogP contribution in [0.1, 0.15) is 31.1 Å². The van der Waals surface area contributed by atoms with E-state index in [0.29, 0.717) is 5.56 Å². The Morgan fingerprint density at radius 1 is 1.26 bits per heavy atom. The Labute approximate surface area is 112 Å². The maximum Gasteiger partial charge on any atom is 0.408 e. The molecule has 0 radical (unpaired) electrons. The number of rotatable bonds is 4. The Morgan fingerprint density at radius 3 is 2.32 bits per heavy atom. The van der Waals surface area contributed by atoms with E-state index in [1.165, 1.54) is 0 Å². The first-order valence-electron chi connectivity index (χ1n) is 6.03. The highest BCUT2D eigenvalue weighted by molar-refractivity contribution is 6.01. The summed E-state index contributed by atoms with van der Waals surface area (Å²) in [6, 6.07) is 7.47. The van der Waals surface area contributed by atoms with E-state index >= 15 is 0 Å². The maximum atomic E-state index is 12.0. The smallest absolute Gasteiger partial charge is 0.408 e. The van der Waals surface area contributed by atoms with Gasteiger partial charge < -0.3 is 15.2 Å². The van der Waals surface area contributed by atoms with Gasteiger partial charge in [-0.15, -0.1) is 0 Å². The SMILES string of the molecule is CC(C)(C)OC(=O)N[C@@H](CO)C(=O)c1ccccc1. The lowest BCUT2D eigenvalue weighted by Gasteiger charge is -2.22. The van der Waals surface area contributed by atoms with Crippen LogP contribution < -0.4 is 5.32 Å². The van der Waals surface area contributed by atoms with E-state index in [9.17, 15) is 14.7 Å². The van der Waals surface area contributed by atoms with Crippen LogP contribution in [0, 0.1) is 0 Å². The summed E-state index contributed by atoms with van der Waals surface area (Å²) in [5.41, 5.74) is -0.225. The van der Waals surface area contributed by atoms with E-state index < -0.39 is 24.3 Å². The summed E-state index contributed by atoms with van der Waals surface area (Å²) in [6.45, 7) is 4.69. The average molecular weight is 265 g/mol. The zero-order valence-electron chi connectivity index (χ0n) is 11.3. The van der Waals surface area contributed by atoms with Crippen LogP contribution in [0.5, 0.6) is 0 Å². The van der Waals surface area contributed by atoms with Crippen molar-refractivity contribution >= 4 is 11.9 Å². The fourth-order valence-corrected chi connectivity index (χ4v) is 1.45. The summed E-state index contributed by atoms with van der Waals surface area (Å²) in [7, 11) is 0. The molecule has 5 nitrogen and oxygen atoms in total. The number of hydrogen-bond donors (Lipinski definition) is 2. The molecular formula is C14H19NO4.